The molecule has 0 aliphatic carbocycles. The summed E-state index contributed by atoms with van der Waals surface area (Å²) in [6.07, 6.45) is 1.78. The van der Waals surface area contributed by atoms with Crippen LogP contribution in [-0.2, 0) is 11.3 Å². The van der Waals surface area contributed by atoms with Crippen LogP contribution in [0.25, 0.3) is 0 Å². The van der Waals surface area contributed by atoms with E-state index in [-0.39, 0.29) is 11.8 Å². The summed E-state index contributed by atoms with van der Waals surface area (Å²) < 4.78 is 11.3. The van der Waals surface area contributed by atoms with Crippen LogP contribution in [0.3, 0.4) is 0 Å². The van der Waals surface area contributed by atoms with Gasteiger partial charge in [-0.05, 0) is 57.1 Å². The normalized spacial score (nSPS) is 17.1. The summed E-state index contributed by atoms with van der Waals surface area (Å²) in [6, 6.07) is 10.0. The largest absolute Gasteiger partial charge is 0.486 e. The van der Waals surface area contributed by atoms with Gasteiger partial charge in [0.25, 0.3) is 0 Å². The van der Waals surface area contributed by atoms with Crippen LogP contribution < -0.4 is 19.7 Å². The van der Waals surface area contributed by atoms with Crippen molar-refractivity contribution in [1.82, 2.24) is 5.32 Å². The first-order chi connectivity index (χ1) is 12.7. The van der Waals surface area contributed by atoms with Gasteiger partial charge in [0.05, 0.1) is 6.54 Å². The van der Waals surface area contributed by atoms with Gasteiger partial charge in [-0.2, -0.15) is 0 Å². The number of nitrogens with zero attached hydrogens (tertiary/aromatic N) is 1. The third-order valence-corrected chi connectivity index (χ3v) is 5.89. The van der Waals surface area contributed by atoms with Crippen molar-refractivity contribution in [3.05, 3.63) is 40.1 Å². The maximum Gasteiger partial charge on any atom is 0.230 e. The van der Waals surface area contributed by atoms with Crippen molar-refractivity contribution in [2.24, 2.45) is 5.92 Å². The molecule has 0 unspecified atom stereocenters. The maximum absolute atomic E-state index is 13.3. The third kappa shape index (κ3) is 3.71. The van der Waals surface area contributed by atoms with Gasteiger partial charge in [0.1, 0.15) is 13.2 Å². The predicted molar refractivity (Wildman–Crippen MR) is 103 cm³/mol. The first-order valence-electron chi connectivity index (χ1n) is 9.18. The molecule has 1 aromatic carbocycles. The molecule has 0 saturated carbocycles. The lowest BCUT2D eigenvalue weighted by atomic mass is 9.96. The van der Waals surface area contributed by atoms with E-state index in [2.05, 4.69) is 24.4 Å². The van der Waals surface area contributed by atoms with Gasteiger partial charge < -0.3 is 19.7 Å². The van der Waals surface area contributed by atoms with Crippen LogP contribution in [0.2, 0.25) is 0 Å². The Hall–Kier alpha value is -2.05. The standard InChI is InChI=1S/C20H24N2O3S/c1-14-2-4-17(26-14)13-22(20(23)15-6-8-21-9-7-15)16-3-5-18-19(12-16)25-11-10-24-18/h2-5,12,15,21H,6-11,13H2,1H3. The second kappa shape index (κ2) is 7.68. The van der Waals surface area contributed by atoms with Gasteiger partial charge >= 0.3 is 0 Å². The Bertz CT molecular complexity index is 783. The molecule has 4 rings (SSSR count). The van der Waals surface area contributed by atoms with Crippen molar-refractivity contribution in [3.8, 4) is 11.5 Å². The Balaban J connectivity index is 1.63. The van der Waals surface area contributed by atoms with E-state index in [0.717, 1.165) is 43.1 Å². The summed E-state index contributed by atoms with van der Waals surface area (Å²) in [4.78, 5) is 17.7. The maximum atomic E-state index is 13.3. The molecule has 6 heteroatoms. The monoisotopic (exact) mass is 372 g/mol. The molecule has 0 atom stereocenters. The quantitative estimate of drug-likeness (QED) is 0.894. The number of aryl methyl sites for hydroxylation is 1. The molecule has 5 nitrogen and oxygen atoms in total. The van der Waals surface area contributed by atoms with E-state index in [0.29, 0.717) is 19.8 Å². The van der Waals surface area contributed by atoms with Crippen molar-refractivity contribution in [2.45, 2.75) is 26.3 Å². The zero-order valence-electron chi connectivity index (χ0n) is 15.0. The molecule has 138 valence electrons. The van der Waals surface area contributed by atoms with E-state index in [1.807, 2.05) is 23.1 Å². The van der Waals surface area contributed by atoms with Crippen LogP contribution in [0.5, 0.6) is 11.5 Å². The van der Waals surface area contributed by atoms with Crippen LogP contribution in [0, 0.1) is 12.8 Å². The van der Waals surface area contributed by atoms with Crippen LogP contribution in [0.4, 0.5) is 5.69 Å². The molecule has 26 heavy (non-hydrogen) atoms. The average Bonchev–Trinajstić information content (AvgIpc) is 3.11. The number of anilines is 1. The van der Waals surface area contributed by atoms with E-state index in [9.17, 15) is 4.79 Å². The SMILES string of the molecule is Cc1ccc(CN(C(=O)C2CCNCC2)c2ccc3c(c2)OCCO3)s1. The molecule has 1 aromatic heterocycles. The molecule has 2 aromatic rings. The first-order valence-corrected chi connectivity index (χ1v) is 9.99. The number of rotatable bonds is 4. The zero-order valence-corrected chi connectivity index (χ0v) is 15.8. The fourth-order valence-corrected chi connectivity index (χ4v) is 4.39. The molecule has 1 N–H and O–H groups in total. The number of benzene rings is 1. The second-order valence-electron chi connectivity index (χ2n) is 6.79. The summed E-state index contributed by atoms with van der Waals surface area (Å²) in [5.41, 5.74) is 0.879. The number of carbonyl (C=O) groups is 1. The highest BCUT2D eigenvalue weighted by molar-refractivity contribution is 7.11. The topological polar surface area (TPSA) is 50.8 Å². The molecular weight excluding hydrogens is 348 g/mol. The van der Waals surface area contributed by atoms with Crippen LogP contribution >= 0.6 is 11.3 Å². The minimum absolute atomic E-state index is 0.0745. The number of hydrogen-bond acceptors (Lipinski definition) is 5. The minimum Gasteiger partial charge on any atom is -0.486 e. The number of nitrogens with one attached hydrogen (secondary N) is 1. The highest BCUT2D eigenvalue weighted by Crippen LogP contribution is 2.35. The molecule has 0 radical (unpaired) electrons. The van der Waals surface area contributed by atoms with Gasteiger partial charge in [-0.15, -0.1) is 11.3 Å². The molecule has 3 heterocycles. The summed E-state index contributed by atoms with van der Waals surface area (Å²) in [5.74, 6) is 1.75. The molecule has 1 fully saturated rings. The first kappa shape index (κ1) is 17.4. The summed E-state index contributed by atoms with van der Waals surface area (Å²) in [6.45, 7) is 5.62. The van der Waals surface area contributed by atoms with E-state index in [1.165, 1.54) is 9.75 Å². The number of piperidine rings is 1. The minimum atomic E-state index is 0.0745. The Kier molecular flexibility index (Phi) is 5.13. The van der Waals surface area contributed by atoms with Gasteiger partial charge in [0.15, 0.2) is 11.5 Å². The van der Waals surface area contributed by atoms with Crippen LogP contribution in [-0.4, -0.2) is 32.2 Å². The number of ether oxygens (including phenoxy) is 2. The van der Waals surface area contributed by atoms with Gasteiger partial charge in [0.2, 0.25) is 5.91 Å². The summed E-state index contributed by atoms with van der Waals surface area (Å²) >= 11 is 1.74. The lowest BCUT2D eigenvalue weighted by Gasteiger charge is -2.30. The number of fused-ring (bicyclic) bond motifs is 1. The van der Waals surface area contributed by atoms with E-state index in [4.69, 9.17) is 9.47 Å². The van der Waals surface area contributed by atoms with Crippen molar-refractivity contribution in [3.63, 3.8) is 0 Å². The number of carbonyl (C=O) groups excluding carboxylic acids is 1. The molecule has 0 spiro atoms. The predicted octanol–water partition coefficient (Wildman–Crippen LogP) is 3.36. The zero-order chi connectivity index (χ0) is 17.9. The van der Waals surface area contributed by atoms with Crippen molar-refractivity contribution < 1.29 is 14.3 Å². The van der Waals surface area contributed by atoms with Gasteiger partial charge in [-0.1, -0.05) is 0 Å². The van der Waals surface area contributed by atoms with E-state index in [1.54, 1.807) is 11.3 Å². The Morgan fingerprint density at radius 3 is 2.65 bits per heavy atom. The molecule has 2 aliphatic rings. The second-order valence-corrected chi connectivity index (χ2v) is 8.16. The lowest BCUT2D eigenvalue weighted by molar-refractivity contribution is -0.123. The van der Waals surface area contributed by atoms with E-state index >= 15 is 0 Å². The third-order valence-electron chi connectivity index (χ3n) is 4.90. The van der Waals surface area contributed by atoms with Gasteiger partial charge in [0, 0.05) is 27.4 Å². The molecule has 1 amide bonds. The Morgan fingerprint density at radius 2 is 1.92 bits per heavy atom. The highest BCUT2D eigenvalue weighted by atomic mass is 32.1. The molecule has 0 bridgehead atoms. The Morgan fingerprint density at radius 1 is 1.15 bits per heavy atom. The molecule has 2 aliphatic heterocycles. The molecular formula is C20H24N2O3S. The number of thiophene rings is 1. The van der Waals surface area contributed by atoms with Gasteiger partial charge in [-0.25, -0.2) is 0 Å². The van der Waals surface area contributed by atoms with Crippen LogP contribution in [0.15, 0.2) is 30.3 Å². The van der Waals surface area contributed by atoms with Crippen molar-refractivity contribution in [1.29, 1.82) is 0 Å². The fourth-order valence-electron chi connectivity index (χ4n) is 3.51. The number of hydrogen-bond donors (Lipinski definition) is 1. The smallest absolute Gasteiger partial charge is 0.230 e. The van der Waals surface area contributed by atoms with Gasteiger partial charge in [-0.3, -0.25) is 4.79 Å². The molecule has 1 saturated heterocycles. The van der Waals surface area contributed by atoms with Crippen molar-refractivity contribution >= 4 is 22.9 Å². The number of amides is 1. The van der Waals surface area contributed by atoms with E-state index < -0.39 is 0 Å². The average molecular weight is 372 g/mol. The van der Waals surface area contributed by atoms with Crippen molar-refractivity contribution in [2.75, 3.05) is 31.2 Å². The Labute approximate surface area is 157 Å². The summed E-state index contributed by atoms with van der Waals surface area (Å²) in [7, 11) is 0. The fraction of sp³-hybridized carbons (Fsp3) is 0.450. The lowest BCUT2D eigenvalue weighted by Crippen LogP contribution is -2.40. The summed E-state index contributed by atoms with van der Waals surface area (Å²) in [5, 5.41) is 3.34. The highest BCUT2D eigenvalue weighted by Gasteiger charge is 2.28. The van der Waals surface area contributed by atoms with Crippen LogP contribution in [0.1, 0.15) is 22.6 Å².